The van der Waals surface area contributed by atoms with E-state index in [1.54, 1.807) is 6.07 Å². The fourth-order valence-corrected chi connectivity index (χ4v) is 3.69. The van der Waals surface area contributed by atoms with Gasteiger partial charge in [-0.05, 0) is 12.8 Å². The zero-order chi connectivity index (χ0) is 13.2. The van der Waals surface area contributed by atoms with Gasteiger partial charge in [-0.25, -0.2) is 0 Å². The van der Waals surface area contributed by atoms with Crippen molar-refractivity contribution < 1.29 is 13.7 Å². The van der Waals surface area contributed by atoms with Gasteiger partial charge in [0.25, 0.3) is 0 Å². The van der Waals surface area contributed by atoms with Crippen molar-refractivity contribution in [3.8, 4) is 11.5 Å². The van der Waals surface area contributed by atoms with Crippen LogP contribution >= 0.6 is 0 Å². The van der Waals surface area contributed by atoms with Crippen LogP contribution in [0.5, 0.6) is 11.5 Å². The number of hydrogen-bond donors (Lipinski definition) is 2. The van der Waals surface area contributed by atoms with Crippen molar-refractivity contribution in [2.45, 2.75) is 18.9 Å². The quantitative estimate of drug-likeness (QED) is 0.801. The first kappa shape index (κ1) is 12.6. The molecule has 0 unspecified atom stereocenters. The van der Waals surface area contributed by atoms with Gasteiger partial charge in [0, 0.05) is 40.5 Å². The van der Waals surface area contributed by atoms with Crippen LogP contribution in [0.25, 0.3) is 0 Å². The number of fused-ring (bicyclic) bond motifs is 1. The molecule has 3 N–H and O–H groups in total. The second kappa shape index (κ2) is 5.28. The summed E-state index contributed by atoms with van der Waals surface area (Å²) >= 11 is 0. The molecular weight excluding hydrogens is 264 g/mol. The molecule has 3 rings (SSSR count). The Morgan fingerprint density at radius 2 is 1.79 bits per heavy atom. The molecule has 2 aliphatic rings. The van der Waals surface area contributed by atoms with E-state index in [2.05, 4.69) is 5.32 Å². The number of nitrogen functional groups attached to an aromatic ring is 1. The minimum atomic E-state index is -0.642. The molecule has 2 heterocycles. The van der Waals surface area contributed by atoms with Crippen LogP contribution in [-0.2, 0) is 10.8 Å². The van der Waals surface area contributed by atoms with Gasteiger partial charge in [-0.15, -0.1) is 0 Å². The van der Waals surface area contributed by atoms with Gasteiger partial charge < -0.3 is 20.5 Å². The number of rotatable bonds is 2. The van der Waals surface area contributed by atoms with Gasteiger partial charge in [-0.3, -0.25) is 4.21 Å². The Hall–Kier alpha value is -1.43. The van der Waals surface area contributed by atoms with Crippen LogP contribution in [0.2, 0.25) is 0 Å². The molecule has 0 amide bonds. The van der Waals surface area contributed by atoms with E-state index < -0.39 is 10.8 Å². The summed E-state index contributed by atoms with van der Waals surface area (Å²) in [4.78, 5) is 0. The molecule has 1 aromatic rings. The summed E-state index contributed by atoms with van der Waals surface area (Å²) in [6, 6.07) is 4.04. The van der Waals surface area contributed by atoms with Crippen molar-refractivity contribution in [2.75, 3.05) is 35.8 Å². The van der Waals surface area contributed by atoms with E-state index in [1.165, 1.54) is 0 Å². The molecule has 0 radical (unpaired) electrons. The Kier molecular flexibility index (Phi) is 3.50. The first-order valence-electron chi connectivity index (χ1n) is 6.53. The summed E-state index contributed by atoms with van der Waals surface area (Å²) in [5.41, 5.74) is 7.57. The Morgan fingerprint density at radius 1 is 1.16 bits per heavy atom. The summed E-state index contributed by atoms with van der Waals surface area (Å²) < 4.78 is 22.4. The van der Waals surface area contributed by atoms with Gasteiger partial charge in [-0.1, -0.05) is 0 Å². The maximum atomic E-state index is 11.3. The van der Waals surface area contributed by atoms with Crippen LogP contribution in [0.4, 0.5) is 11.4 Å². The number of nitrogens with two attached hydrogens (primary N) is 1. The predicted octanol–water partition coefficient (Wildman–Crippen LogP) is 1.36. The maximum Gasteiger partial charge on any atom is 0.163 e. The highest BCUT2D eigenvalue weighted by Gasteiger charge is 2.20. The fraction of sp³-hybridized carbons (Fsp3) is 0.538. The Balaban J connectivity index is 1.75. The smallest absolute Gasteiger partial charge is 0.163 e. The van der Waals surface area contributed by atoms with Gasteiger partial charge in [-0.2, -0.15) is 0 Å². The third-order valence-corrected chi connectivity index (χ3v) is 4.84. The molecule has 5 nitrogen and oxygen atoms in total. The molecule has 104 valence electrons. The van der Waals surface area contributed by atoms with Crippen LogP contribution < -0.4 is 20.5 Å². The highest BCUT2D eigenvalue weighted by Crippen LogP contribution is 2.37. The topological polar surface area (TPSA) is 73.6 Å². The fourth-order valence-electron chi connectivity index (χ4n) is 2.39. The molecule has 0 bridgehead atoms. The van der Waals surface area contributed by atoms with Gasteiger partial charge >= 0.3 is 0 Å². The molecule has 0 atom stereocenters. The first-order chi connectivity index (χ1) is 9.22. The molecule has 1 aromatic carbocycles. The lowest BCUT2D eigenvalue weighted by molar-refractivity contribution is 0.172. The summed E-state index contributed by atoms with van der Waals surface area (Å²) in [6.07, 6.45) is 1.83. The van der Waals surface area contributed by atoms with E-state index in [0.717, 1.165) is 35.8 Å². The molecule has 0 spiro atoms. The van der Waals surface area contributed by atoms with E-state index in [4.69, 9.17) is 15.2 Å². The lowest BCUT2D eigenvalue weighted by atomic mass is 10.1. The molecular formula is C13H18N2O3S. The third-order valence-electron chi connectivity index (χ3n) is 3.46. The standard InChI is InChI=1S/C13H18N2O3S/c14-10-7-12-13(18-4-3-17-12)8-11(10)15-9-1-5-19(16)6-2-9/h7-9,15H,1-6,14H2. The number of hydrogen-bond acceptors (Lipinski definition) is 5. The van der Waals surface area contributed by atoms with E-state index in [9.17, 15) is 4.21 Å². The summed E-state index contributed by atoms with van der Waals surface area (Å²) in [5.74, 6) is 2.98. The molecule has 1 fully saturated rings. The van der Waals surface area contributed by atoms with Crippen LogP contribution in [0.15, 0.2) is 12.1 Å². The molecule has 2 aliphatic heterocycles. The zero-order valence-corrected chi connectivity index (χ0v) is 11.5. The van der Waals surface area contributed by atoms with Crippen molar-refractivity contribution in [2.24, 2.45) is 0 Å². The Bertz CT molecular complexity index is 497. The van der Waals surface area contributed by atoms with Gasteiger partial charge in [0.1, 0.15) is 13.2 Å². The first-order valence-corrected chi connectivity index (χ1v) is 8.02. The Labute approximate surface area is 114 Å². The minimum absolute atomic E-state index is 0.336. The molecule has 0 aliphatic carbocycles. The van der Waals surface area contributed by atoms with Crippen molar-refractivity contribution in [1.82, 2.24) is 0 Å². The van der Waals surface area contributed by atoms with Crippen LogP contribution in [0, 0.1) is 0 Å². The minimum Gasteiger partial charge on any atom is -0.486 e. The Morgan fingerprint density at radius 3 is 2.47 bits per heavy atom. The normalized spacial score (nSPS) is 25.9. The zero-order valence-electron chi connectivity index (χ0n) is 10.7. The van der Waals surface area contributed by atoms with Crippen molar-refractivity contribution >= 4 is 22.2 Å². The van der Waals surface area contributed by atoms with Gasteiger partial charge in [0.2, 0.25) is 0 Å². The number of anilines is 2. The summed E-state index contributed by atoms with van der Waals surface area (Å²) in [5, 5.41) is 3.42. The molecule has 0 aromatic heterocycles. The average molecular weight is 282 g/mol. The maximum absolute atomic E-state index is 11.3. The van der Waals surface area contributed by atoms with E-state index in [1.807, 2.05) is 6.07 Å². The largest absolute Gasteiger partial charge is 0.486 e. The lowest BCUT2D eigenvalue weighted by Gasteiger charge is -2.26. The monoisotopic (exact) mass is 282 g/mol. The molecule has 6 heteroatoms. The van der Waals surface area contributed by atoms with Crippen LogP contribution in [0.1, 0.15) is 12.8 Å². The van der Waals surface area contributed by atoms with Gasteiger partial charge in [0.15, 0.2) is 11.5 Å². The predicted molar refractivity (Wildman–Crippen MR) is 76.4 cm³/mol. The highest BCUT2D eigenvalue weighted by molar-refractivity contribution is 7.85. The average Bonchev–Trinajstić information content (AvgIpc) is 2.42. The third kappa shape index (κ3) is 2.78. The number of benzene rings is 1. The van der Waals surface area contributed by atoms with Crippen LogP contribution in [0.3, 0.4) is 0 Å². The summed E-state index contributed by atoms with van der Waals surface area (Å²) in [7, 11) is -0.642. The SMILES string of the molecule is Nc1cc2c(cc1NC1CCS(=O)CC1)OCCO2. The van der Waals surface area contributed by atoms with Crippen molar-refractivity contribution in [3.63, 3.8) is 0 Å². The van der Waals surface area contributed by atoms with E-state index in [-0.39, 0.29) is 0 Å². The second-order valence-electron chi connectivity index (χ2n) is 4.85. The molecule has 1 saturated heterocycles. The summed E-state index contributed by atoms with van der Waals surface area (Å²) in [6.45, 7) is 1.13. The van der Waals surface area contributed by atoms with E-state index in [0.29, 0.717) is 30.7 Å². The highest BCUT2D eigenvalue weighted by atomic mass is 32.2. The van der Waals surface area contributed by atoms with Crippen molar-refractivity contribution in [3.05, 3.63) is 12.1 Å². The van der Waals surface area contributed by atoms with Crippen LogP contribution in [-0.4, -0.2) is 35.0 Å². The lowest BCUT2D eigenvalue weighted by Crippen LogP contribution is -2.29. The van der Waals surface area contributed by atoms with E-state index >= 15 is 0 Å². The molecule has 0 saturated carbocycles. The second-order valence-corrected chi connectivity index (χ2v) is 6.55. The van der Waals surface area contributed by atoms with Crippen molar-refractivity contribution in [1.29, 1.82) is 0 Å². The molecule has 19 heavy (non-hydrogen) atoms. The van der Waals surface area contributed by atoms with Gasteiger partial charge in [0.05, 0.1) is 11.4 Å². The number of ether oxygens (including phenoxy) is 2. The number of nitrogens with one attached hydrogen (secondary N) is 1.